The Bertz CT molecular complexity index is 1060. The van der Waals surface area contributed by atoms with Crippen molar-refractivity contribution in [3.63, 3.8) is 0 Å². The second-order valence-electron chi connectivity index (χ2n) is 9.13. The van der Waals surface area contributed by atoms with Gasteiger partial charge in [-0.05, 0) is 74.4 Å². The van der Waals surface area contributed by atoms with Crippen LogP contribution in [0.4, 0.5) is 0 Å². The van der Waals surface area contributed by atoms with Crippen molar-refractivity contribution in [1.29, 1.82) is 0 Å². The molecule has 2 N–H and O–H groups in total. The van der Waals surface area contributed by atoms with E-state index in [1.165, 1.54) is 5.56 Å². The second kappa shape index (κ2) is 11.7. The molecule has 2 aliphatic rings. The Hall–Kier alpha value is -3.55. The Morgan fingerprint density at radius 1 is 1.03 bits per heavy atom. The largest absolute Gasteiger partial charge is 0.494 e. The van der Waals surface area contributed by atoms with Gasteiger partial charge in [0.25, 0.3) is 11.8 Å². The van der Waals surface area contributed by atoms with Crippen LogP contribution in [0.25, 0.3) is 0 Å². The molecular formula is C27H33N3O5. The number of ether oxygens (including phenoxy) is 2. The van der Waals surface area contributed by atoms with Crippen molar-refractivity contribution >= 4 is 17.7 Å². The summed E-state index contributed by atoms with van der Waals surface area (Å²) in [7, 11) is 0. The first-order valence-electron chi connectivity index (χ1n) is 12.3. The van der Waals surface area contributed by atoms with Gasteiger partial charge in [-0.25, -0.2) is 0 Å². The molecule has 8 nitrogen and oxygen atoms in total. The lowest BCUT2D eigenvalue weighted by Gasteiger charge is -2.37. The van der Waals surface area contributed by atoms with Gasteiger partial charge in [-0.1, -0.05) is 18.2 Å². The van der Waals surface area contributed by atoms with Gasteiger partial charge >= 0.3 is 0 Å². The third-order valence-electron chi connectivity index (χ3n) is 6.53. The molecule has 8 heteroatoms. The Kier molecular flexibility index (Phi) is 8.23. The fraction of sp³-hybridized carbons (Fsp3) is 0.444. The van der Waals surface area contributed by atoms with Crippen LogP contribution in [0.3, 0.4) is 0 Å². The van der Waals surface area contributed by atoms with Crippen molar-refractivity contribution in [3.05, 3.63) is 59.7 Å². The minimum absolute atomic E-state index is 0.0177. The summed E-state index contributed by atoms with van der Waals surface area (Å²) in [6, 6.07) is 14.9. The number of aryl methyl sites for hydroxylation is 1. The number of nitrogens with zero attached hydrogens (tertiary/aromatic N) is 2. The van der Waals surface area contributed by atoms with Crippen LogP contribution in [0, 0.1) is 0 Å². The number of rotatable bonds is 4. The van der Waals surface area contributed by atoms with Crippen LogP contribution in [-0.2, 0) is 16.0 Å². The van der Waals surface area contributed by atoms with Gasteiger partial charge in [0.15, 0.2) is 6.61 Å². The van der Waals surface area contributed by atoms with Crippen LogP contribution >= 0.6 is 0 Å². The van der Waals surface area contributed by atoms with Crippen LogP contribution in [0.5, 0.6) is 11.5 Å². The van der Waals surface area contributed by atoms with Gasteiger partial charge in [-0.2, -0.15) is 0 Å². The van der Waals surface area contributed by atoms with Gasteiger partial charge in [0.05, 0.1) is 6.61 Å². The zero-order chi connectivity index (χ0) is 24.6. The van der Waals surface area contributed by atoms with Crippen LogP contribution in [0.15, 0.2) is 48.5 Å². The molecule has 2 aromatic carbocycles. The van der Waals surface area contributed by atoms with Crippen LogP contribution in [-0.4, -0.2) is 66.4 Å². The molecule has 2 heterocycles. The molecule has 2 aromatic rings. The lowest BCUT2D eigenvalue weighted by Crippen LogP contribution is -2.49. The first-order chi connectivity index (χ1) is 17.0. The van der Waals surface area contributed by atoms with Gasteiger partial charge in [-0.3, -0.25) is 14.4 Å². The van der Waals surface area contributed by atoms with E-state index in [0.29, 0.717) is 30.9 Å². The van der Waals surface area contributed by atoms with E-state index >= 15 is 0 Å². The van der Waals surface area contributed by atoms with E-state index in [2.05, 4.69) is 12.1 Å². The lowest BCUT2D eigenvalue weighted by molar-refractivity contribution is -0.135. The lowest BCUT2D eigenvalue weighted by atomic mass is 9.95. The van der Waals surface area contributed by atoms with Gasteiger partial charge in [-0.15, -0.1) is 0 Å². The van der Waals surface area contributed by atoms with Gasteiger partial charge in [0, 0.05) is 24.7 Å². The Morgan fingerprint density at radius 2 is 1.89 bits per heavy atom. The summed E-state index contributed by atoms with van der Waals surface area (Å²) in [5, 5.41) is 0. The molecule has 3 amide bonds. The fourth-order valence-electron chi connectivity index (χ4n) is 4.76. The standard InChI is InChI=1S/C27H33N3O5/c28-25(31)19-35-24-10-4-7-21(17-24)27(33)29-13-5-15-34-23-9-3-6-20(16-23)11-12-22-8-1-2-14-30(22)26(32)18-29/h3-4,6-7,9-10,16-17,22H,1-2,5,8,11-15,18-19H2,(H2,28,31). The summed E-state index contributed by atoms with van der Waals surface area (Å²) in [5.41, 5.74) is 6.76. The predicted molar refractivity (Wildman–Crippen MR) is 131 cm³/mol. The zero-order valence-corrected chi connectivity index (χ0v) is 20.0. The highest BCUT2D eigenvalue weighted by molar-refractivity contribution is 5.97. The molecule has 1 saturated heterocycles. The van der Waals surface area contributed by atoms with Gasteiger partial charge < -0.3 is 25.0 Å². The van der Waals surface area contributed by atoms with Crippen molar-refractivity contribution in [1.82, 2.24) is 9.80 Å². The molecule has 2 bridgehead atoms. The smallest absolute Gasteiger partial charge is 0.255 e. The number of benzene rings is 2. The van der Waals surface area contributed by atoms with E-state index < -0.39 is 5.91 Å². The number of fused-ring (bicyclic) bond motifs is 3. The molecule has 186 valence electrons. The third-order valence-corrected chi connectivity index (χ3v) is 6.53. The number of hydrogen-bond acceptors (Lipinski definition) is 5. The third kappa shape index (κ3) is 6.74. The zero-order valence-electron chi connectivity index (χ0n) is 20.0. The Balaban J connectivity index is 1.54. The van der Waals surface area contributed by atoms with Crippen molar-refractivity contribution in [2.45, 2.75) is 44.6 Å². The minimum Gasteiger partial charge on any atom is -0.494 e. The van der Waals surface area contributed by atoms with Crippen LogP contribution in [0.1, 0.15) is 48.0 Å². The molecule has 0 saturated carbocycles. The molecule has 2 aliphatic heterocycles. The van der Waals surface area contributed by atoms with Crippen molar-refractivity contribution in [2.24, 2.45) is 5.73 Å². The van der Waals surface area contributed by atoms with Crippen molar-refractivity contribution in [2.75, 3.05) is 32.8 Å². The molecule has 1 atom stereocenters. The summed E-state index contributed by atoms with van der Waals surface area (Å²) in [6.07, 6.45) is 5.44. The normalized spacial score (nSPS) is 19.2. The molecule has 1 unspecified atom stereocenters. The quantitative estimate of drug-likeness (QED) is 0.727. The number of nitrogens with two attached hydrogens (primary N) is 1. The maximum atomic E-state index is 13.4. The molecule has 1 fully saturated rings. The number of piperidine rings is 1. The average molecular weight is 480 g/mol. The maximum Gasteiger partial charge on any atom is 0.255 e. The Morgan fingerprint density at radius 3 is 2.74 bits per heavy atom. The average Bonchev–Trinajstić information content (AvgIpc) is 2.87. The number of amides is 3. The van der Waals surface area contributed by atoms with Crippen molar-refractivity contribution in [3.8, 4) is 11.5 Å². The van der Waals surface area contributed by atoms with E-state index in [1.54, 1.807) is 29.2 Å². The van der Waals surface area contributed by atoms with E-state index in [4.69, 9.17) is 15.2 Å². The number of carbonyl (C=O) groups excluding carboxylic acids is 3. The summed E-state index contributed by atoms with van der Waals surface area (Å²) in [4.78, 5) is 41.5. The monoisotopic (exact) mass is 479 g/mol. The highest BCUT2D eigenvalue weighted by atomic mass is 16.5. The fourth-order valence-corrected chi connectivity index (χ4v) is 4.76. The molecule has 4 rings (SSSR count). The number of hydrogen-bond donors (Lipinski definition) is 1. The first kappa shape index (κ1) is 24.6. The highest BCUT2D eigenvalue weighted by Gasteiger charge is 2.29. The summed E-state index contributed by atoms with van der Waals surface area (Å²) in [6.45, 7) is 1.30. The summed E-state index contributed by atoms with van der Waals surface area (Å²) in [5.74, 6) is 0.334. The topological polar surface area (TPSA) is 102 Å². The van der Waals surface area contributed by atoms with E-state index in [1.807, 2.05) is 17.0 Å². The summed E-state index contributed by atoms with van der Waals surface area (Å²) >= 11 is 0. The van der Waals surface area contributed by atoms with E-state index in [0.717, 1.165) is 44.4 Å². The molecule has 0 spiro atoms. The molecule has 0 aromatic heterocycles. The Labute approximate surface area is 206 Å². The number of carbonyl (C=O) groups is 3. The molecule has 0 aliphatic carbocycles. The van der Waals surface area contributed by atoms with E-state index in [9.17, 15) is 14.4 Å². The van der Waals surface area contributed by atoms with Crippen molar-refractivity contribution < 1.29 is 23.9 Å². The van der Waals surface area contributed by atoms with E-state index in [-0.39, 0.29) is 31.0 Å². The predicted octanol–water partition coefficient (Wildman–Crippen LogP) is 2.79. The second-order valence-corrected chi connectivity index (χ2v) is 9.13. The first-order valence-corrected chi connectivity index (χ1v) is 12.3. The molecular weight excluding hydrogens is 446 g/mol. The summed E-state index contributed by atoms with van der Waals surface area (Å²) < 4.78 is 11.3. The van der Waals surface area contributed by atoms with Gasteiger partial charge in [0.1, 0.15) is 18.0 Å². The molecule has 0 radical (unpaired) electrons. The minimum atomic E-state index is -0.594. The van der Waals surface area contributed by atoms with Gasteiger partial charge in [0.2, 0.25) is 5.91 Å². The van der Waals surface area contributed by atoms with Crippen LogP contribution in [0.2, 0.25) is 0 Å². The number of primary amides is 1. The SMILES string of the molecule is NC(=O)COc1cccc(C(=O)N2CCCOc3cccc(c3)CCC3CCCCN3C(=O)C2)c1. The highest BCUT2D eigenvalue weighted by Crippen LogP contribution is 2.24. The maximum absolute atomic E-state index is 13.4. The van der Waals surface area contributed by atoms with Crippen LogP contribution < -0.4 is 15.2 Å². The molecule has 35 heavy (non-hydrogen) atoms.